The molecule has 1 atom stereocenters. The Bertz CT molecular complexity index is 858. The van der Waals surface area contributed by atoms with Gasteiger partial charge in [0.25, 0.3) is 0 Å². The maximum Gasteiger partial charge on any atom is 0.122 e. The van der Waals surface area contributed by atoms with Crippen LogP contribution >= 0.6 is 0 Å². The first-order valence-corrected chi connectivity index (χ1v) is 11.1. The zero-order valence-corrected chi connectivity index (χ0v) is 20.3. The van der Waals surface area contributed by atoms with Crippen molar-refractivity contribution < 1.29 is 9.47 Å². The van der Waals surface area contributed by atoms with Crippen molar-refractivity contribution in [2.24, 2.45) is 5.92 Å². The minimum Gasteiger partial charge on any atom is -0.497 e. The average molecular weight is 423 g/mol. The molecule has 0 saturated carbocycles. The van der Waals surface area contributed by atoms with E-state index in [1.54, 1.807) is 14.2 Å². The molecule has 0 bridgehead atoms. The molecule has 4 nitrogen and oxygen atoms in total. The molecule has 2 aromatic carbocycles. The molecule has 0 amide bonds. The van der Waals surface area contributed by atoms with Crippen molar-refractivity contribution in [1.29, 1.82) is 5.26 Å². The number of hydrogen-bond acceptors (Lipinski definition) is 4. The summed E-state index contributed by atoms with van der Waals surface area (Å²) >= 11 is 0. The van der Waals surface area contributed by atoms with E-state index >= 15 is 0 Å². The Labute approximate surface area is 188 Å². The normalized spacial score (nSPS) is 13.2. The molecule has 31 heavy (non-hydrogen) atoms. The number of rotatable bonds is 11. The van der Waals surface area contributed by atoms with Gasteiger partial charge in [0.15, 0.2) is 0 Å². The van der Waals surface area contributed by atoms with Crippen LogP contribution in [0.3, 0.4) is 0 Å². The molecular formula is C27H38N2O2. The summed E-state index contributed by atoms with van der Waals surface area (Å²) in [5, 5.41) is 10.2. The van der Waals surface area contributed by atoms with Gasteiger partial charge in [-0.2, -0.15) is 5.26 Å². The van der Waals surface area contributed by atoms with Crippen LogP contribution in [0.1, 0.15) is 48.9 Å². The number of likely N-dealkylation sites (N-methyl/N-ethyl adjacent to an activating group) is 1. The highest BCUT2D eigenvalue weighted by Gasteiger charge is 2.35. The Balaban J connectivity index is 2.00. The van der Waals surface area contributed by atoms with E-state index in [0.29, 0.717) is 0 Å². The predicted molar refractivity (Wildman–Crippen MR) is 128 cm³/mol. The first-order valence-electron chi connectivity index (χ1n) is 11.1. The molecule has 0 heterocycles. The molecule has 0 saturated heterocycles. The minimum absolute atomic E-state index is 0.258. The second-order valence-electron chi connectivity index (χ2n) is 8.99. The van der Waals surface area contributed by atoms with Gasteiger partial charge in [-0.05, 0) is 75.9 Å². The fraction of sp³-hybridized carbons (Fsp3) is 0.519. The highest BCUT2D eigenvalue weighted by atomic mass is 16.5. The number of hydrogen-bond donors (Lipinski definition) is 0. The number of aryl methyl sites for hydroxylation is 2. The average Bonchev–Trinajstić information content (AvgIpc) is 2.74. The number of benzene rings is 2. The third-order valence-corrected chi connectivity index (χ3v) is 6.23. The van der Waals surface area contributed by atoms with Gasteiger partial charge in [-0.1, -0.05) is 43.2 Å². The summed E-state index contributed by atoms with van der Waals surface area (Å²) in [6, 6.07) is 15.3. The summed E-state index contributed by atoms with van der Waals surface area (Å²) in [5.74, 6) is 1.90. The lowest BCUT2D eigenvalue weighted by Gasteiger charge is -2.32. The van der Waals surface area contributed by atoms with Gasteiger partial charge in [0.2, 0.25) is 0 Å². The third kappa shape index (κ3) is 6.48. The molecule has 2 rings (SSSR count). The van der Waals surface area contributed by atoms with Gasteiger partial charge in [-0.3, -0.25) is 0 Å². The van der Waals surface area contributed by atoms with Crippen LogP contribution in [-0.4, -0.2) is 39.3 Å². The summed E-state index contributed by atoms with van der Waals surface area (Å²) in [6.45, 7) is 10.5. The van der Waals surface area contributed by atoms with Gasteiger partial charge in [-0.25, -0.2) is 0 Å². The van der Waals surface area contributed by atoms with Crippen LogP contribution < -0.4 is 9.47 Å². The predicted octanol–water partition coefficient (Wildman–Crippen LogP) is 5.69. The standard InChI is InChI=1S/C27H38N2O2/c1-20(2)27(19-28,24-14-21(3)13-22(4)15-24)10-8-11-29(5)12-9-23-16-25(30-6)18-26(17-23)31-7/h13-18,20H,8-12H2,1-7H3. The molecule has 0 fully saturated rings. The van der Waals surface area contributed by atoms with Crippen LogP contribution in [-0.2, 0) is 11.8 Å². The molecule has 0 N–H and O–H groups in total. The van der Waals surface area contributed by atoms with Gasteiger partial charge < -0.3 is 14.4 Å². The van der Waals surface area contributed by atoms with Crippen molar-refractivity contribution in [1.82, 2.24) is 4.90 Å². The van der Waals surface area contributed by atoms with E-state index < -0.39 is 5.41 Å². The molecule has 0 aliphatic carbocycles. The second kappa shape index (κ2) is 11.2. The molecule has 2 aromatic rings. The van der Waals surface area contributed by atoms with E-state index in [9.17, 15) is 5.26 Å². The van der Waals surface area contributed by atoms with Crippen molar-refractivity contribution in [3.63, 3.8) is 0 Å². The van der Waals surface area contributed by atoms with Crippen molar-refractivity contribution in [3.8, 4) is 17.6 Å². The molecule has 168 valence electrons. The molecule has 4 heteroatoms. The van der Waals surface area contributed by atoms with Crippen LogP contribution in [0.25, 0.3) is 0 Å². The van der Waals surface area contributed by atoms with E-state index in [2.05, 4.69) is 76.0 Å². The van der Waals surface area contributed by atoms with Gasteiger partial charge in [-0.15, -0.1) is 0 Å². The van der Waals surface area contributed by atoms with Crippen molar-refractivity contribution in [3.05, 3.63) is 58.7 Å². The van der Waals surface area contributed by atoms with Crippen molar-refractivity contribution >= 4 is 0 Å². The number of methoxy groups -OCH3 is 2. The fourth-order valence-electron chi connectivity index (χ4n) is 4.32. The quantitative estimate of drug-likeness (QED) is 0.466. The Kier molecular flexibility index (Phi) is 8.95. The molecule has 0 aromatic heterocycles. The molecular weight excluding hydrogens is 384 g/mol. The van der Waals surface area contributed by atoms with E-state index in [1.165, 1.54) is 16.7 Å². The number of nitrogens with zero attached hydrogens (tertiary/aromatic N) is 2. The summed E-state index contributed by atoms with van der Waals surface area (Å²) in [5.41, 5.74) is 4.36. The lowest BCUT2D eigenvalue weighted by Crippen LogP contribution is -2.32. The fourth-order valence-corrected chi connectivity index (χ4v) is 4.32. The summed E-state index contributed by atoms with van der Waals surface area (Å²) in [6.07, 6.45) is 2.77. The maximum atomic E-state index is 10.2. The minimum atomic E-state index is -0.447. The van der Waals surface area contributed by atoms with Gasteiger partial charge in [0, 0.05) is 12.6 Å². The van der Waals surface area contributed by atoms with Gasteiger partial charge >= 0.3 is 0 Å². The molecule has 0 spiro atoms. The van der Waals surface area contributed by atoms with E-state index in [1.807, 2.05) is 6.07 Å². The topological polar surface area (TPSA) is 45.5 Å². The zero-order chi connectivity index (χ0) is 23.0. The SMILES string of the molecule is COc1cc(CCN(C)CCCC(C#N)(c2cc(C)cc(C)c2)C(C)C)cc(OC)c1. The van der Waals surface area contributed by atoms with Crippen molar-refractivity contribution in [2.45, 2.75) is 52.4 Å². The summed E-state index contributed by atoms with van der Waals surface area (Å²) in [4.78, 5) is 2.34. The smallest absolute Gasteiger partial charge is 0.122 e. The van der Waals surface area contributed by atoms with E-state index in [0.717, 1.165) is 49.4 Å². The Hall–Kier alpha value is -2.51. The van der Waals surface area contributed by atoms with Crippen LogP contribution in [0.2, 0.25) is 0 Å². The molecule has 0 aliphatic rings. The number of nitriles is 1. The maximum absolute atomic E-state index is 10.2. The van der Waals surface area contributed by atoms with Gasteiger partial charge in [0.05, 0.1) is 25.7 Å². The van der Waals surface area contributed by atoms with Crippen LogP contribution in [0.4, 0.5) is 0 Å². The monoisotopic (exact) mass is 422 g/mol. The highest BCUT2D eigenvalue weighted by Crippen LogP contribution is 2.37. The number of ether oxygens (including phenoxy) is 2. The first-order chi connectivity index (χ1) is 14.7. The lowest BCUT2D eigenvalue weighted by atomic mass is 9.69. The van der Waals surface area contributed by atoms with E-state index in [-0.39, 0.29) is 5.92 Å². The first kappa shape index (κ1) is 24.8. The van der Waals surface area contributed by atoms with E-state index in [4.69, 9.17) is 9.47 Å². The van der Waals surface area contributed by atoms with Crippen LogP contribution in [0.5, 0.6) is 11.5 Å². The molecule has 0 aliphatic heterocycles. The van der Waals surface area contributed by atoms with Gasteiger partial charge in [0.1, 0.15) is 11.5 Å². The highest BCUT2D eigenvalue weighted by molar-refractivity contribution is 5.39. The third-order valence-electron chi connectivity index (χ3n) is 6.23. The summed E-state index contributed by atoms with van der Waals surface area (Å²) in [7, 11) is 5.50. The zero-order valence-electron chi connectivity index (χ0n) is 20.3. The van der Waals surface area contributed by atoms with Crippen LogP contribution in [0, 0.1) is 31.1 Å². The van der Waals surface area contributed by atoms with Crippen molar-refractivity contribution in [2.75, 3.05) is 34.4 Å². The second-order valence-corrected chi connectivity index (χ2v) is 8.99. The summed E-state index contributed by atoms with van der Waals surface area (Å²) < 4.78 is 10.8. The Morgan fingerprint density at radius 1 is 0.935 bits per heavy atom. The largest absolute Gasteiger partial charge is 0.497 e. The Morgan fingerprint density at radius 3 is 2.00 bits per heavy atom. The lowest BCUT2D eigenvalue weighted by molar-refractivity contribution is 0.293. The Morgan fingerprint density at radius 2 is 1.52 bits per heavy atom. The molecule has 0 radical (unpaired) electrons. The molecule has 1 unspecified atom stereocenters. The van der Waals surface area contributed by atoms with Crippen LogP contribution in [0.15, 0.2) is 36.4 Å².